The van der Waals surface area contributed by atoms with Crippen molar-refractivity contribution >= 4 is 16.8 Å². The van der Waals surface area contributed by atoms with Crippen LogP contribution < -0.4 is 10.7 Å². The van der Waals surface area contributed by atoms with E-state index in [2.05, 4.69) is 10.4 Å². The van der Waals surface area contributed by atoms with Crippen molar-refractivity contribution in [1.29, 1.82) is 0 Å². The highest BCUT2D eigenvalue weighted by molar-refractivity contribution is 5.95. The Labute approximate surface area is 136 Å². The molecule has 0 fully saturated rings. The van der Waals surface area contributed by atoms with E-state index in [1.165, 1.54) is 16.8 Å². The van der Waals surface area contributed by atoms with Gasteiger partial charge in [0.25, 0.3) is 5.91 Å². The number of carbonyl (C=O) groups is 1. The van der Waals surface area contributed by atoms with Crippen LogP contribution in [-0.4, -0.2) is 22.2 Å². The summed E-state index contributed by atoms with van der Waals surface area (Å²) in [6.07, 6.45) is 0.502. The predicted molar refractivity (Wildman–Crippen MR) is 86.4 cm³/mol. The molecule has 0 bridgehead atoms. The van der Waals surface area contributed by atoms with Crippen LogP contribution >= 0.6 is 0 Å². The lowest BCUT2D eigenvalue weighted by Crippen LogP contribution is -2.33. The molecule has 0 radical (unpaired) electrons. The lowest BCUT2D eigenvalue weighted by atomic mass is 10.2. The van der Waals surface area contributed by atoms with Crippen LogP contribution in [0.15, 0.2) is 39.5 Å². The molecule has 0 aliphatic heterocycles. The molecule has 0 aliphatic rings. The van der Waals surface area contributed by atoms with E-state index in [4.69, 9.17) is 4.42 Å². The highest BCUT2D eigenvalue weighted by Gasteiger charge is 2.16. The number of hydrogen-bond acceptors (Lipinski definition) is 4. The molecule has 0 spiro atoms. The Balaban J connectivity index is 1.82. The first-order valence-electron chi connectivity index (χ1n) is 7.46. The zero-order valence-corrected chi connectivity index (χ0v) is 13.3. The summed E-state index contributed by atoms with van der Waals surface area (Å²) in [4.78, 5) is 24.6. The molecule has 7 heteroatoms. The molecule has 2 aromatic heterocycles. The van der Waals surface area contributed by atoms with E-state index in [1.807, 2.05) is 19.1 Å². The largest absolute Gasteiger partial charge is 0.466 e. The summed E-state index contributed by atoms with van der Waals surface area (Å²) in [6, 6.07) is 7.49. The Kier molecular flexibility index (Phi) is 4.16. The third kappa shape index (κ3) is 3.05. The Morgan fingerprint density at radius 2 is 2.12 bits per heavy atom. The smallest absolute Gasteiger partial charge is 0.275 e. The van der Waals surface area contributed by atoms with Gasteiger partial charge in [-0.05, 0) is 37.3 Å². The number of rotatable bonds is 4. The van der Waals surface area contributed by atoms with Gasteiger partial charge in [-0.2, -0.15) is 5.10 Å². The normalized spacial score (nSPS) is 11.0. The first kappa shape index (κ1) is 15.9. The van der Waals surface area contributed by atoms with Crippen molar-refractivity contribution in [2.24, 2.45) is 7.05 Å². The van der Waals surface area contributed by atoms with Gasteiger partial charge in [-0.3, -0.25) is 14.3 Å². The second-order valence-corrected chi connectivity index (χ2v) is 5.48. The number of amides is 1. The van der Waals surface area contributed by atoms with Crippen molar-refractivity contribution < 1.29 is 13.6 Å². The van der Waals surface area contributed by atoms with E-state index >= 15 is 0 Å². The van der Waals surface area contributed by atoms with Crippen molar-refractivity contribution in [3.05, 3.63) is 63.6 Å². The van der Waals surface area contributed by atoms with Crippen LogP contribution in [0, 0.1) is 12.7 Å². The van der Waals surface area contributed by atoms with Crippen LogP contribution in [0.4, 0.5) is 4.39 Å². The maximum atomic E-state index is 13.4. The number of nitrogens with zero attached hydrogens (tertiary/aromatic N) is 2. The van der Waals surface area contributed by atoms with E-state index in [9.17, 15) is 14.0 Å². The van der Waals surface area contributed by atoms with Crippen molar-refractivity contribution in [2.45, 2.75) is 13.3 Å². The van der Waals surface area contributed by atoms with Gasteiger partial charge in [-0.15, -0.1) is 0 Å². The standard InChI is InChI=1S/C17H16FN3O3/c1-10-3-5-12(24-10)7-8-19-17(23)15-16(22)13-9-11(18)4-6-14(13)21(2)20-15/h3-6,9H,7-8H2,1-2H3,(H,19,23). The van der Waals surface area contributed by atoms with E-state index in [1.54, 1.807) is 7.05 Å². The third-order valence-electron chi connectivity index (χ3n) is 3.68. The van der Waals surface area contributed by atoms with Gasteiger partial charge < -0.3 is 9.73 Å². The molecule has 0 aliphatic carbocycles. The van der Waals surface area contributed by atoms with Crippen LogP contribution in [0.2, 0.25) is 0 Å². The van der Waals surface area contributed by atoms with Crippen LogP contribution in [-0.2, 0) is 13.5 Å². The average molecular weight is 329 g/mol. The van der Waals surface area contributed by atoms with E-state index < -0.39 is 17.2 Å². The zero-order chi connectivity index (χ0) is 17.3. The molecule has 0 saturated heterocycles. The monoisotopic (exact) mass is 329 g/mol. The van der Waals surface area contributed by atoms with Gasteiger partial charge in [-0.25, -0.2) is 4.39 Å². The van der Waals surface area contributed by atoms with Crippen molar-refractivity contribution in [1.82, 2.24) is 15.1 Å². The van der Waals surface area contributed by atoms with Crippen LogP contribution in [0.1, 0.15) is 22.0 Å². The van der Waals surface area contributed by atoms with Crippen molar-refractivity contribution in [3.63, 3.8) is 0 Å². The van der Waals surface area contributed by atoms with Crippen molar-refractivity contribution in [2.75, 3.05) is 6.54 Å². The molecule has 6 nitrogen and oxygen atoms in total. The molecular formula is C17H16FN3O3. The number of fused-ring (bicyclic) bond motifs is 1. The molecular weight excluding hydrogens is 313 g/mol. The van der Waals surface area contributed by atoms with Crippen LogP contribution in [0.5, 0.6) is 0 Å². The van der Waals surface area contributed by atoms with Gasteiger partial charge in [0.2, 0.25) is 5.43 Å². The van der Waals surface area contributed by atoms with Crippen LogP contribution in [0.3, 0.4) is 0 Å². The Hall–Kier alpha value is -2.96. The molecule has 0 atom stereocenters. The molecule has 0 unspecified atom stereocenters. The number of furan rings is 1. The molecule has 3 rings (SSSR count). The summed E-state index contributed by atoms with van der Waals surface area (Å²) in [5.74, 6) is 0.410. The van der Waals surface area contributed by atoms with Crippen LogP contribution in [0.25, 0.3) is 10.9 Å². The number of benzene rings is 1. The number of hydrogen-bond donors (Lipinski definition) is 1. The summed E-state index contributed by atoms with van der Waals surface area (Å²) in [5.41, 5.74) is -0.385. The predicted octanol–water partition coefficient (Wildman–Crippen LogP) is 1.95. The molecule has 1 aromatic carbocycles. The first-order valence-corrected chi connectivity index (χ1v) is 7.46. The molecule has 124 valence electrons. The Bertz CT molecular complexity index is 975. The number of carbonyl (C=O) groups excluding carboxylic acids is 1. The summed E-state index contributed by atoms with van der Waals surface area (Å²) in [5, 5.41) is 6.77. The SMILES string of the molecule is Cc1ccc(CCNC(=O)c2nn(C)c3ccc(F)cc3c2=O)o1. The molecule has 0 saturated carbocycles. The van der Waals surface area contributed by atoms with E-state index in [-0.39, 0.29) is 11.1 Å². The van der Waals surface area contributed by atoms with E-state index in [0.29, 0.717) is 18.5 Å². The maximum Gasteiger partial charge on any atom is 0.275 e. The fraction of sp³-hybridized carbons (Fsp3) is 0.235. The highest BCUT2D eigenvalue weighted by Crippen LogP contribution is 2.11. The summed E-state index contributed by atoms with van der Waals surface area (Å²) >= 11 is 0. The molecule has 1 amide bonds. The molecule has 24 heavy (non-hydrogen) atoms. The summed E-state index contributed by atoms with van der Waals surface area (Å²) in [7, 11) is 1.60. The summed E-state index contributed by atoms with van der Waals surface area (Å²) in [6.45, 7) is 2.14. The topological polar surface area (TPSA) is 77.1 Å². The number of halogens is 1. The first-order chi connectivity index (χ1) is 11.5. The highest BCUT2D eigenvalue weighted by atomic mass is 19.1. The Morgan fingerprint density at radius 1 is 1.33 bits per heavy atom. The van der Waals surface area contributed by atoms with Gasteiger partial charge in [0.1, 0.15) is 17.3 Å². The second kappa shape index (κ2) is 6.27. The Morgan fingerprint density at radius 3 is 2.83 bits per heavy atom. The van der Waals surface area contributed by atoms with E-state index in [0.717, 1.165) is 17.6 Å². The number of nitrogens with one attached hydrogen (secondary N) is 1. The van der Waals surface area contributed by atoms with Gasteiger partial charge in [0, 0.05) is 20.0 Å². The van der Waals surface area contributed by atoms with Gasteiger partial charge in [0.05, 0.1) is 10.9 Å². The minimum atomic E-state index is -0.593. The maximum absolute atomic E-state index is 13.4. The lowest BCUT2D eigenvalue weighted by Gasteiger charge is -2.08. The van der Waals surface area contributed by atoms with Crippen molar-refractivity contribution in [3.8, 4) is 0 Å². The third-order valence-corrected chi connectivity index (χ3v) is 3.68. The molecule has 2 heterocycles. The summed E-state index contributed by atoms with van der Waals surface area (Å²) < 4.78 is 20.2. The van der Waals surface area contributed by atoms with Gasteiger partial charge in [-0.1, -0.05) is 0 Å². The minimum Gasteiger partial charge on any atom is -0.466 e. The fourth-order valence-corrected chi connectivity index (χ4v) is 2.50. The fourth-order valence-electron chi connectivity index (χ4n) is 2.50. The molecule has 1 N–H and O–H groups in total. The number of aryl methyl sites for hydroxylation is 2. The number of aromatic nitrogens is 2. The quantitative estimate of drug-likeness (QED) is 0.793. The average Bonchev–Trinajstić information content (AvgIpc) is 2.96. The lowest BCUT2D eigenvalue weighted by molar-refractivity contribution is 0.0945. The van der Waals surface area contributed by atoms with Gasteiger partial charge in [0.15, 0.2) is 5.69 Å². The van der Waals surface area contributed by atoms with Gasteiger partial charge >= 0.3 is 0 Å². The molecule has 3 aromatic rings. The minimum absolute atomic E-state index is 0.124. The second-order valence-electron chi connectivity index (χ2n) is 5.48. The zero-order valence-electron chi connectivity index (χ0n) is 13.3.